The number of hydrogen-bond donors (Lipinski definition) is 1. The number of ether oxygens (including phenoxy) is 2. The van der Waals surface area contributed by atoms with Crippen molar-refractivity contribution in [3.8, 4) is 5.75 Å². The number of ketones is 1. The van der Waals surface area contributed by atoms with Crippen LogP contribution in [0.5, 0.6) is 5.75 Å². The normalized spacial score (nSPS) is 16.0. The van der Waals surface area contributed by atoms with Crippen molar-refractivity contribution in [3.63, 3.8) is 0 Å². The van der Waals surface area contributed by atoms with E-state index in [-0.39, 0.29) is 11.8 Å². The fourth-order valence-electron chi connectivity index (χ4n) is 4.61. The van der Waals surface area contributed by atoms with Crippen LogP contribution in [0.15, 0.2) is 30.3 Å². The fraction of sp³-hybridized carbons (Fsp3) is 0.542. The van der Waals surface area contributed by atoms with Gasteiger partial charge in [-0.15, -0.1) is 0 Å². The van der Waals surface area contributed by atoms with Gasteiger partial charge in [0.2, 0.25) is 5.78 Å². The van der Waals surface area contributed by atoms with Gasteiger partial charge in [0, 0.05) is 24.1 Å². The Morgan fingerprint density at radius 3 is 2.57 bits per heavy atom. The molecule has 0 bridgehead atoms. The predicted octanol–water partition coefficient (Wildman–Crippen LogP) is 2.30. The van der Waals surface area contributed by atoms with E-state index in [1.807, 2.05) is 32.0 Å². The number of carbonyl (C=O) groups excluding carboxylic acids is 1. The molecule has 1 fully saturated rings. The zero-order valence-electron chi connectivity index (χ0n) is 19.0. The van der Waals surface area contributed by atoms with Gasteiger partial charge in [-0.1, -0.05) is 12.1 Å². The second-order valence-corrected chi connectivity index (χ2v) is 8.20. The lowest BCUT2D eigenvalue weighted by molar-refractivity contribution is -0.892. The van der Waals surface area contributed by atoms with E-state index in [0.717, 1.165) is 54.6 Å². The maximum absolute atomic E-state index is 13.1. The number of aryl methyl sites for hydroxylation is 1. The number of nitrogens with zero attached hydrogens (tertiary/aromatic N) is 2. The van der Waals surface area contributed by atoms with Crippen LogP contribution < -0.4 is 14.5 Å². The van der Waals surface area contributed by atoms with Crippen LogP contribution in [0.3, 0.4) is 0 Å². The third-order valence-electron chi connectivity index (χ3n) is 6.02. The first-order valence-corrected chi connectivity index (χ1v) is 11.0. The molecule has 0 aliphatic carbocycles. The number of quaternary nitrogens is 1. The van der Waals surface area contributed by atoms with Gasteiger partial charge >= 0.3 is 0 Å². The molecule has 1 N–H and O–H groups in total. The van der Waals surface area contributed by atoms with Gasteiger partial charge in [-0.05, 0) is 45.9 Å². The zero-order chi connectivity index (χ0) is 21.7. The molecule has 1 atom stereocenters. The minimum absolute atomic E-state index is 0.220. The number of carbonyl (C=O) groups is 1. The first kappa shape index (κ1) is 22.4. The molecule has 30 heavy (non-hydrogen) atoms. The minimum Gasteiger partial charge on any atom is -0.492 e. The topological polar surface area (TPSA) is 48.1 Å². The number of piperazine rings is 1. The van der Waals surface area contributed by atoms with E-state index in [2.05, 4.69) is 35.4 Å². The molecule has 0 radical (unpaired) electrons. The van der Waals surface area contributed by atoms with Gasteiger partial charge in [0.1, 0.15) is 12.3 Å². The number of anilines is 1. The number of Topliss-reactive ketones (excluding diaryl/α,β-unsaturated/α-hetero) is 1. The van der Waals surface area contributed by atoms with Gasteiger partial charge in [-0.25, -0.2) is 0 Å². The van der Waals surface area contributed by atoms with Crippen molar-refractivity contribution in [1.29, 1.82) is 0 Å². The van der Waals surface area contributed by atoms with Crippen LogP contribution in [0.25, 0.3) is 0 Å². The van der Waals surface area contributed by atoms with Gasteiger partial charge in [0.15, 0.2) is 0 Å². The maximum Gasteiger partial charge on any atom is 0.218 e. The Morgan fingerprint density at radius 1 is 1.20 bits per heavy atom. The quantitative estimate of drug-likeness (QED) is 0.640. The van der Waals surface area contributed by atoms with Crippen molar-refractivity contribution in [1.82, 2.24) is 4.57 Å². The lowest BCUT2D eigenvalue weighted by atomic mass is 10.1. The number of aromatic nitrogens is 1. The average Bonchev–Trinajstić information content (AvgIpc) is 3.04. The van der Waals surface area contributed by atoms with Crippen molar-refractivity contribution in [2.45, 2.75) is 33.7 Å². The molecular weight excluding hydrogens is 378 g/mol. The Labute approximate surface area is 180 Å². The van der Waals surface area contributed by atoms with Gasteiger partial charge in [-0.3, -0.25) is 4.79 Å². The number of rotatable bonds is 9. The molecule has 2 heterocycles. The van der Waals surface area contributed by atoms with E-state index < -0.39 is 0 Å². The van der Waals surface area contributed by atoms with Crippen LogP contribution >= 0.6 is 0 Å². The summed E-state index contributed by atoms with van der Waals surface area (Å²) in [6.45, 7) is 13.9. The molecule has 2 aromatic rings. The van der Waals surface area contributed by atoms with Crippen LogP contribution in [-0.4, -0.2) is 63.4 Å². The summed E-state index contributed by atoms with van der Waals surface area (Å²) in [5, 5.41) is 0. The van der Waals surface area contributed by atoms with E-state index in [4.69, 9.17) is 9.47 Å². The number of para-hydroxylation sites is 2. The van der Waals surface area contributed by atoms with Crippen LogP contribution in [0.2, 0.25) is 0 Å². The Morgan fingerprint density at radius 2 is 1.90 bits per heavy atom. The van der Waals surface area contributed by atoms with Crippen LogP contribution in [0, 0.1) is 13.8 Å². The molecule has 0 saturated carbocycles. The second kappa shape index (κ2) is 10.1. The summed E-state index contributed by atoms with van der Waals surface area (Å²) in [6.07, 6.45) is 0. The van der Waals surface area contributed by atoms with Crippen molar-refractivity contribution in [2.75, 3.05) is 57.9 Å². The predicted molar refractivity (Wildman–Crippen MR) is 120 cm³/mol. The zero-order valence-corrected chi connectivity index (χ0v) is 19.0. The lowest BCUT2D eigenvalue weighted by Gasteiger charge is -2.34. The van der Waals surface area contributed by atoms with E-state index in [1.54, 1.807) is 7.11 Å². The summed E-state index contributed by atoms with van der Waals surface area (Å²) in [5.74, 6) is 1.18. The van der Waals surface area contributed by atoms with Crippen LogP contribution in [0.4, 0.5) is 5.69 Å². The molecule has 1 aromatic heterocycles. The molecule has 3 rings (SSSR count). The summed E-state index contributed by atoms with van der Waals surface area (Å²) < 4.78 is 13.3. The van der Waals surface area contributed by atoms with E-state index in [1.165, 1.54) is 4.90 Å². The molecule has 0 unspecified atom stereocenters. The van der Waals surface area contributed by atoms with Crippen molar-refractivity contribution >= 4 is 11.5 Å². The Hall–Kier alpha value is -2.31. The van der Waals surface area contributed by atoms with E-state index in [0.29, 0.717) is 19.8 Å². The summed E-state index contributed by atoms with van der Waals surface area (Å²) in [6, 6.07) is 10.5. The maximum atomic E-state index is 13.1. The van der Waals surface area contributed by atoms with Crippen molar-refractivity contribution in [2.24, 2.45) is 0 Å². The monoisotopic (exact) mass is 414 g/mol. The standard InChI is InChI=1S/C24H35N3O3/c1-6-30-24-10-8-7-9-22(24)26-13-11-25(12-14-26)16-23(28)21-15-18(2)27(20(21)4)19(3)17-29-5/h7-10,15,19H,6,11-14,16-17H2,1-5H3/p+1/t19-/m0/s1. The first-order chi connectivity index (χ1) is 14.5. The van der Waals surface area contributed by atoms with Crippen LogP contribution in [-0.2, 0) is 4.74 Å². The third-order valence-corrected chi connectivity index (χ3v) is 6.02. The summed E-state index contributed by atoms with van der Waals surface area (Å²) in [4.78, 5) is 16.8. The van der Waals surface area contributed by atoms with Gasteiger partial charge in [0.05, 0.1) is 51.1 Å². The fourth-order valence-corrected chi connectivity index (χ4v) is 4.61. The number of methoxy groups -OCH3 is 1. The molecule has 6 nitrogen and oxygen atoms in total. The Bertz CT molecular complexity index is 853. The van der Waals surface area contributed by atoms with E-state index >= 15 is 0 Å². The third kappa shape index (κ3) is 4.87. The molecule has 1 aromatic carbocycles. The molecule has 164 valence electrons. The SMILES string of the molecule is CCOc1ccccc1N1CC[NH+](CC(=O)c2cc(C)n([C@@H](C)COC)c2C)CC1. The molecular formula is C24H36N3O3+. The number of hydrogen-bond acceptors (Lipinski definition) is 4. The first-order valence-electron chi connectivity index (χ1n) is 11.0. The second-order valence-electron chi connectivity index (χ2n) is 8.20. The Balaban J connectivity index is 1.62. The molecule has 1 aliphatic rings. The highest BCUT2D eigenvalue weighted by Gasteiger charge is 2.26. The summed E-state index contributed by atoms with van der Waals surface area (Å²) in [5.41, 5.74) is 4.17. The van der Waals surface area contributed by atoms with Gasteiger partial charge < -0.3 is 23.8 Å². The highest BCUT2D eigenvalue weighted by Crippen LogP contribution is 2.28. The average molecular weight is 415 g/mol. The molecule has 1 saturated heterocycles. The van der Waals surface area contributed by atoms with E-state index in [9.17, 15) is 4.79 Å². The Kier molecular flexibility index (Phi) is 7.56. The molecule has 1 aliphatic heterocycles. The van der Waals surface area contributed by atoms with Crippen molar-refractivity contribution < 1.29 is 19.2 Å². The number of benzene rings is 1. The van der Waals surface area contributed by atoms with Crippen LogP contribution in [0.1, 0.15) is 41.6 Å². The van der Waals surface area contributed by atoms with Gasteiger partial charge in [-0.2, -0.15) is 0 Å². The van der Waals surface area contributed by atoms with Crippen molar-refractivity contribution in [3.05, 3.63) is 47.3 Å². The molecule has 0 spiro atoms. The van der Waals surface area contributed by atoms with Gasteiger partial charge in [0.25, 0.3) is 0 Å². The highest BCUT2D eigenvalue weighted by molar-refractivity contribution is 5.98. The summed E-state index contributed by atoms with van der Waals surface area (Å²) in [7, 11) is 1.71. The largest absolute Gasteiger partial charge is 0.492 e. The lowest BCUT2D eigenvalue weighted by Crippen LogP contribution is -3.15. The highest BCUT2D eigenvalue weighted by atomic mass is 16.5. The molecule has 6 heteroatoms. The number of nitrogens with one attached hydrogen (secondary N) is 1. The summed E-state index contributed by atoms with van der Waals surface area (Å²) >= 11 is 0. The molecule has 0 amide bonds. The minimum atomic E-state index is 0.220. The smallest absolute Gasteiger partial charge is 0.218 e.